The first kappa shape index (κ1) is 36.8. The first-order valence-electron chi connectivity index (χ1n) is 13.7. The number of rotatable bonds is 10. The number of hydrogen-bond acceptors (Lipinski definition) is 14. The van der Waals surface area contributed by atoms with Crippen molar-refractivity contribution >= 4 is 86.4 Å². The number of nitrogens with two attached hydrogens (primary N) is 2. The molecule has 2 aromatic heterocycles. The number of thiazole rings is 1. The van der Waals surface area contributed by atoms with Crippen LogP contribution in [0.25, 0.3) is 0 Å². The number of aromatic nitrogens is 2. The van der Waals surface area contributed by atoms with Crippen LogP contribution in [-0.2, 0) is 29.8 Å². The third kappa shape index (κ3) is 9.11. The van der Waals surface area contributed by atoms with Crippen LogP contribution in [0.5, 0.6) is 0 Å². The van der Waals surface area contributed by atoms with Crippen molar-refractivity contribution < 1.29 is 47.4 Å². The molecule has 48 heavy (non-hydrogen) atoms. The zero-order chi connectivity index (χ0) is 35.2. The van der Waals surface area contributed by atoms with Gasteiger partial charge in [-0.05, 0) is 37.3 Å². The van der Waals surface area contributed by atoms with Gasteiger partial charge in [0, 0.05) is 39.1 Å². The molecular weight excluding hydrogens is 722 g/mol. The molecule has 0 aromatic carbocycles. The van der Waals surface area contributed by atoms with Crippen LogP contribution >= 0.6 is 46.6 Å². The molecule has 2 amide bonds. The molecule has 258 valence electrons. The highest BCUT2D eigenvalue weighted by Crippen LogP contribution is 2.46. The molecule has 2 fully saturated rings. The number of carbonyl (C=O) groups is 4. The molecular formula is C26H27F3N8O7S4. The van der Waals surface area contributed by atoms with Crippen molar-refractivity contribution in [1.29, 1.82) is 5.41 Å². The summed E-state index contributed by atoms with van der Waals surface area (Å²) in [6.07, 6.45) is 1.79. The lowest BCUT2D eigenvalue weighted by molar-refractivity contribution is -0.192. The number of hydrogen-bond donors (Lipinski definition) is 6. The molecule has 0 unspecified atom stereocenters. The summed E-state index contributed by atoms with van der Waals surface area (Å²) in [5.41, 5.74) is 12.1. The number of nitrogens with zero attached hydrogens (tertiary/aromatic N) is 4. The molecule has 22 heteroatoms. The van der Waals surface area contributed by atoms with E-state index in [2.05, 4.69) is 20.4 Å². The Hall–Kier alpha value is -4.02. The third-order valence-corrected chi connectivity index (χ3v) is 10.8. The maximum Gasteiger partial charge on any atom is 0.490 e. The maximum atomic E-state index is 13.3. The molecule has 0 radical (unpaired) electrons. The lowest BCUT2D eigenvalue weighted by atomic mass is 10.0. The molecule has 2 aromatic rings. The summed E-state index contributed by atoms with van der Waals surface area (Å²) in [6.45, 7) is 0. The summed E-state index contributed by atoms with van der Waals surface area (Å²) in [7, 11) is 0. The molecule has 15 nitrogen and oxygen atoms in total. The van der Waals surface area contributed by atoms with E-state index in [1.54, 1.807) is 23.8 Å². The molecule has 2 aliphatic heterocycles. The summed E-state index contributed by atoms with van der Waals surface area (Å²) < 4.78 is 31.7. The SMILES string of the molecule is N=C(N)SCc1cnccc1SC1=C(C(=O)O)N2C(=O)[C@@H](NC(=O)/C(=N\OC3CCCC3)c3csc(N)n3)[C@H]2SC1.O=C(O)C(F)(F)F. The number of β-lactam (4-membered cyclic amide) rings is 1. The molecule has 2 atom stereocenters. The molecule has 1 aliphatic carbocycles. The highest BCUT2D eigenvalue weighted by atomic mass is 32.2. The van der Waals surface area contributed by atoms with Gasteiger partial charge in [0.15, 0.2) is 16.0 Å². The fourth-order valence-electron chi connectivity index (χ4n) is 4.51. The number of nitrogens with one attached hydrogen (secondary N) is 2. The Morgan fingerprint density at radius 1 is 1.25 bits per heavy atom. The fourth-order valence-corrected chi connectivity index (χ4v) is 8.26. The zero-order valence-electron chi connectivity index (χ0n) is 24.4. The van der Waals surface area contributed by atoms with E-state index in [1.165, 1.54) is 28.4 Å². The Labute approximate surface area is 286 Å². The van der Waals surface area contributed by atoms with Crippen molar-refractivity contribution in [2.75, 3.05) is 11.5 Å². The number of amides is 2. The summed E-state index contributed by atoms with van der Waals surface area (Å²) in [5, 5.41) is 32.7. The molecule has 0 bridgehead atoms. The van der Waals surface area contributed by atoms with E-state index in [4.69, 9.17) is 31.6 Å². The monoisotopic (exact) mass is 748 g/mol. The van der Waals surface area contributed by atoms with Crippen molar-refractivity contribution in [3.63, 3.8) is 0 Å². The predicted octanol–water partition coefficient (Wildman–Crippen LogP) is 3.03. The number of aliphatic carboxylic acids is 2. The third-order valence-electron chi connectivity index (χ3n) is 6.72. The lowest BCUT2D eigenvalue weighted by Crippen LogP contribution is -2.71. The van der Waals surface area contributed by atoms with E-state index < -0.39 is 41.3 Å². The number of alkyl halides is 3. The van der Waals surface area contributed by atoms with Gasteiger partial charge in [-0.15, -0.1) is 23.1 Å². The number of halogens is 3. The average molecular weight is 749 g/mol. The van der Waals surface area contributed by atoms with E-state index >= 15 is 0 Å². The average Bonchev–Trinajstić information content (AvgIpc) is 3.71. The normalized spacial score (nSPS) is 19.5. The zero-order valence-corrected chi connectivity index (χ0v) is 27.7. The lowest BCUT2D eigenvalue weighted by Gasteiger charge is -2.49. The van der Waals surface area contributed by atoms with Crippen molar-refractivity contribution in [1.82, 2.24) is 20.2 Å². The number of oxime groups is 1. The smallest absolute Gasteiger partial charge is 0.477 e. The Balaban J connectivity index is 0.000000671. The van der Waals surface area contributed by atoms with Gasteiger partial charge in [-0.1, -0.05) is 28.7 Å². The van der Waals surface area contributed by atoms with Crippen molar-refractivity contribution in [2.45, 2.75) is 60.0 Å². The van der Waals surface area contributed by atoms with E-state index in [-0.39, 0.29) is 33.5 Å². The topological polar surface area (TPSA) is 247 Å². The molecule has 3 aliphatic rings. The van der Waals surface area contributed by atoms with Gasteiger partial charge in [0.1, 0.15) is 28.9 Å². The minimum absolute atomic E-state index is 0.0397. The number of carboxylic acid groups (broad SMARTS) is 2. The van der Waals surface area contributed by atoms with Gasteiger partial charge in [-0.3, -0.25) is 24.9 Å². The number of carboxylic acids is 2. The first-order valence-corrected chi connectivity index (χ1v) is 17.4. The van der Waals surface area contributed by atoms with Crippen molar-refractivity contribution in [3.05, 3.63) is 45.7 Å². The Kier molecular flexibility index (Phi) is 12.2. The number of anilines is 1. The minimum Gasteiger partial charge on any atom is -0.477 e. The molecule has 4 heterocycles. The summed E-state index contributed by atoms with van der Waals surface area (Å²) in [4.78, 5) is 64.1. The van der Waals surface area contributed by atoms with Gasteiger partial charge in [-0.25, -0.2) is 14.6 Å². The van der Waals surface area contributed by atoms with Gasteiger partial charge >= 0.3 is 18.1 Å². The van der Waals surface area contributed by atoms with Crippen LogP contribution in [-0.4, -0.2) is 89.2 Å². The van der Waals surface area contributed by atoms with Crippen LogP contribution in [0.1, 0.15) is 36.9 Å². The fraction of sp³-hybridized carbons (Fsp3) is 0.385. The van der Waals surface area contributed by atoms with Gasteiger partial charge < -0.3 is 31.8 Å². The summed E-state index contributed by atoms with van der Waals surface area (Å²) in [6, 6.07) is 0.800. The van der Waals surface area contributed by atoms with Gasteiger partial charge in [0.25, 0.3) is 11.8 Å². The van der Waals surface area contributed by atoms with Gasteiger partial charge in [-0.2, -0.15) is 13.2 Å². The largest absolute Gasteiger partial charge is 0.490 e. The quantitative estimate of drug-likeness (QED) is 0.0885. The van der Waals surface area contributed by atoms with Crippen molar-refractivity contribution in [2.24, 2.45) is 10.9 Å². The molecule has 1 saturated heterocycles. The second-order valence-corrected chi connectivity index (χ2v) is 14.2. The number of thioether (sulfide) groups is 3. The van der Waals surface area contributed by atoms with E-state index in [0.29, 0.717) is 16.4 Å². The van der Waals surface area contributed by atoms with Crippen LogP contribution in [0.2, 0.25) is 0 Å². The predicted molar refractivity (Wildman–Crippen MR) is 173 cm³/mol. The summed E-state index contributed by atoms with van der Waals surface area (Å²) in [5.74, 6) is -4.49. The highest BCUT2D eigenvalue weighted by Gasteiger charge is 2.54. The molecule has 8 N–H and O–H groups in total. The van der Waals surface area contributed by atoms with E-state index in [9.17, 15) is 32.7 Å². The van der Waals surface area contributed by atoms with Crippen LogP contribution in [0.3, 0.4) is 0 Å². The Bertz CT molecular complexity index is 1650. The second-order valence-electron chi connectivity index (χ2n) is 10.0. The van der Waals surface area contributed by atoms with Gasteiger partial charge in [0.05, 0.1) is 0 Å². The number of fused-ring (bicyclic) bond motifs is 1. The van der Waals surface area contributed by atoms with Crippen molar-refractivity contribution in [3.8, 4) is 0 Å². The van der Waals surface area contributed by atoms with Crippen LogP contribution < -0.4 is 16.8 Å². The maximum absolute atomic E-state index is 13.3. The Morgan fingerprint density at radius 2 is 1.94 bits per heavy atom. The van der Waals surface area contributed by atoms with Crippen LogP contribution in [0.15, 0.2) is 44.5 Å². The standard InChI is InChI=1S/C24H26N8O5S4.C2HF3O2/c25-23(26)39-8-11-7-28-6-5-14(11)41-15-10-38-21-17(20(34)32(21)18(15)22(35)36)30-19(33)16(13-9-40-24(27)29-13)31-37-12-3-1-2-4-12;3-2(4,5)1(6)7/h5-7,9,12,17,21H,1-4,8,10H2,(H3,25,26)(H2,27,29)(H,30,33)(H,35,36);(H,6,7)/b31-16-;/t17-,21-;/m1./s1. The molecule has 1 saturated carbocycles. The number of nitrogen functional groups attached to an aromatic ring is 1. The van der Waals surface area contributed by atoms with Crippen LogP contribution in [0.4, 0.5) is 18.3 Å². The molecule has 0 spiro atoms. The van der Waals surface area contributed by atoms with E-state index in [1.807, 2.05) is 0 Å². The highest BCUT2D eigenvalue weighted by molar-refractivity contribution is 8.13. The number of pyridine rings is 1. The minimum atomic E-state index is -5.08. The van der Waals surface area contributed by atoms with Gasteiger partial charge in [0.2, 0.25) is 0 Å². The summed E-state index contributed by atoms with van der Waals surface area (Å²) >= 11 is 4.88. The van der Waals surface area contributed by atoms with Crippen LogP contribution in [0, 0.1) is 5.41 Å². The second kappa shape index (κ2) is 15.9. The number of carbonyl (C=O) groups excluding carboxylic acids is 2. The number of amidine groups is 1. The first-order chi connectivity index (χ1) is 22.7. The Morgan fingerprint density at radius 3 is 2.52 bits per heavy atom. The van der Waals surface area contributed by atoms with E-state index in [0.717, 1.165) is 59.2 Å². The molecule has 5 rings (SSSR count).